The smallest absolute Gasteiger partial charge is 0.369 e. The molecule has 3 rings (SSSR count). The average Bonchev–Trinajstić information content (AvgIpc) is 2.98. The third kappa shape index (κ3) is 4.72. The van der Waals surface area contributed by atoms with Crippen LogP contribution in [0.3, 0.4) is 0 Å². The Labute approximate surface area is 158 Å². The van der Waals surface area contributed by atoms with Crippen molar-refractivity contribution in [3.05, 3.63) is 24.0 Å². The SMILES string of the molecule is CC(C)N1CCCN(C(=O)C2CCN(c3ccc(C(F)(F)F)nc3)C2)CC1. The lowest BCUT2D eigenvalue weighted by Gasteiger charge is -2.26. The van der Waals surface area contributed by atoms with Crippen LogP contribution >= 0.6 is 0 Å². The summed E-state index contributed by atoms with van der Waals surface area (Å²) >= 11 is 0. The lowest BCUT2D eigenvalue weighted by molar-refractivity contribution is -0.141. The topological polar surface area (TPSA) is 39.7 Å². The first-order valence-electron chi connectivity index (χ1n) is 9.56. The zero-order valence-corrected chi connectivity index (χ0v) is 15.9. The fourth-order valence-electron chi connectivity index (χ4n) is 3.87. The highest BCUT2D eigenvalue weighted by molar-refractivity contribution is 5.80. The van der Waals surface area contributed by atoms with E-state index in [2.05, 4.69) is 23.7 Å². The van der Waals surface area contributed by atoms with Gasteiger partial charge in [0.2, 0.25) is 5.91 Å². The van der Waals surface area contributed by atoms with E-state index < -0.39 is 11.9 Å². The number of alkyl halides is 3. The second-order valence-corrected chi connectivity index (χ2v) is 7.64. The number of carbonyl (C=O) groups is 1. The summed E-state index contributed by atoms with van der Waals surface area (Å²) in [5.41, 5.74) is -0.252. The van der Waals surface area contributed by atoms with Crippen LogP contribution in [0.25, 0.3) is 0 Å². The predicted molar refractivity (Wildman–Crippen MR) is 97.5 cm³/mol. The molecule has 0 bridgehead atoms. The molecule has 1 aromatic rings. The molecule has 150 valence electrons. The molecule has 0 N–H and O–H groups in total. The summed E-state index contributed by atoms with van der Waals surface area (Å²) < 4.78 is 38.0. The van der Waals surface area contributed by atoms with Gasteiger partial charge in [0.25, 0.3) is 0 Å². The first-order chi connectivity index (χ1) is 12.8. The molecule has 2 saturated heterocycles. The minimum absolute atomic E-state index is 0.0992. The van der Waals surface area contributed by atoms with E-state index in [1.165, 1.54) is 12.3 Å². The Morgan fingerprint density at radius 2 is 1.93 bits per heavy atom. The van der Waals surface area contributed by atoms with Gasteiger partial charge in [0, 0.05) is 45.3 Å². The standard InChI is InChI=1S/C19H27F3N4O/c1-14(2)24-7-3-8-25(11-10-24)18(27)15-6-9-26(13-15)16-4-5-17(23-12-16)19(20,21)22/h4-5,12,14-15H,3,6-11,13H2,1-2H3. The van der Waals surface area contributed by atoms with Gasteiger partial charge in [-0.05, 0) is 38.8 Å². The van der Waals surface area contributed by atoms with Crippen LogP contribution in [-0.2, 0) is 11.0 Å². The van der Waals surface area contributed by atoms with Crippen molar-refractivity contribution in [1.29, 1.82) is 0 Å². The van der Waals surface area contributed by atoms with Crippen LogP contribution in [0.5, 0.6) is 0 Å². The van der Waals surface area contributed by atoms with Crippen LogP contribution in [0.1, 0.15) is 32.4 Å². The lowest BCUT2D eigenvalue weighted by Crippen LogP contribution is -2.40. The van der Waals surface area contributed by atoms with Gasteiger partial charge >= 0.3 is 6.18 Å². The Kier molecular flexibility index (Phi) is 5.93. The van der Waals surface area contributed by atoms with Crippen molar-refractivity contribution >= 4 is 11.6 Å². The maximum Gasteiger partial charge on any atom is 0.433 e. The number of halogens is 3. The average molecular weight is 384 g/mol. The summed E-state index contributed by atoms with van der Waals surface area (Å²) in [4.78, 5) is 22.7. The van der Waals surface area contributed by atoms with E-state index in [1.807, 2.05) is 9.80 Å². The van der Waals surface area contributed by atoms with Crippen LogP contribution in [0.4, 0.5) is 18.9 Å². The molecule has 0 radical (unpaired) electrons. The molecule has 0 saturated carbocycles. The number of pyridine rings is 1. The number of amides is 1. The number of carbonyl (C=O) groups excluding carboxylic acids is 1. The number of rotatable bonds is 3. The molecule has 1 amide bonds. The summed E-state index contributed by atoms with van der Waals surface area (Å²) in [5.74, 6) is 0.0702. The van der Waals surface area contributed by atoms with Crippen molar-refractivity contribution in [2.75, 3.05) is 44.2 Å². The largest absolute Gasteiger partial charge is 0.433 e. The molecular formula is C19H27F3N4O. The first kappa shape index (κ1) is 19.9. The van der Waals surface area contributed by atoms with Crippen LogP contribution in [-0.4, -0.2) is 66.0 Å². The van der Waals surface area contributed by atoms with Gasteiger partial charge in [-0.15, -0.1) is 0 Å². The Hall–Kier alpha value is -1.83. The maximum absolute atomic E-state index is 12.9. The van der Waals surface area contributed by atoms with Crippen molar-refractivity contribution in [2.45, 2.75) is 38.9 Å². The van der Waals surface area contributed by atoms with Gasteiger partial charge in [0.05, 0.1) is 17.8 Å². The number of nitrogens with zero attached hydrogens (tertiary/aromatic N) is 4. The van der Waals surface area contributed by atoms with E-state index in [-0.39, 0.29) is 11.8 Å². The van der Waals surface area contributed by atoms with Crippen molar-refractivity contribution in [3.63, 3.8) is 0 Å². The number of aromatic nitrogens is 1. The zero-order chi connectivity index (χ0) is 19.6. The molecule has 2 aliphatic rings. The van der Waals surface area contributed by atoms with E-state index in [0.717, 1.165) is 45.1 Å². The maximum atomic E-state index is 12.9. The Balaban J connectivity index is 1.58. The van der Waals surface area contributed by atoms with E-state index in [9.17, 15) is 18.0 Å². The second kappa shape index (κ2) is 8.04. The molecule has 8 heteroatoms. The van der Waals surface area contributed by atoms with E-state index in [1.54, 1.807) is 0 Å². The molecule has 2 fully saturated rings. The predicted octanol–water partition coefficient (Wildman–Crippen LogP) is 2.87. The monoisotopic (exact) mass is 384 g/mol. The number of hydrogen-bond acceptors (Lipinski definition) is 4. The van der Waals surface area contributed by atoms with Crippen molar-refractivity contribution < 1.29 is 18.0 Å². The molecule has 0 spiro atoms. The van der Waals surface area contributed by atoms with Crippen LogP contribution in [0.15, 0.2) is 18.3 Å². The fourth-order valence-corrected chi connectivity index (χ4v) is 3.87. The Morgan fingerprint density at radius 3 is 2.56 bits per heavy atom. The molecular weight excluding hydrogens is 357 g/mol. The quantitative estimate of drug-likeness (QED) is 0.804. The highest BCUT2D eigenvalue weighted by atomic mass is 19.4. The zero-order valence-electron chi connectivity index (χ0n) is 15.9. The second-order valence-electron chi connectivity index (χ2n) is 7.64. The van der Waals surface area contributed by atoms with Crippen LogP contribution in [0, 0.1) is 5.92 Å². The number of hydrogen-bond donors (Lipinski definition) is 0. The third-order valence-electron chi connectivity index (χ3n) is 5.51. The molecule has 5 nitrogen and oxygen atoms in total. The van der Waals surface area contributed by atoms with Gasteiger partial charge in [-0.3, -0.25) is 9.69 Å². The van der Waals surface area contributed by atoms with Gasteiger partial charge in [-0.25, -0.2) is 4.98 Å². The first-order valence-corrected chi connectivity index (χ1v) is 9.56. The lowest BCUT2D eigenvalue weighted by atomic mass is 10.1. The van der Waals surface area contributed by atoms with Gasteiger partial charge in [-0.1, -0.05) is 0 Å². The Bertz CT molecular complexity index is 647. The molecule has 1 unspecified atom stereocenters. The van der Waals surface area contributed by atoms with Crippen molar-refractivity contribution in [1.82, 2.24) is 14.8 Å². The number of anilines is 1. The molecule has 1 atom stereocenters. The summed E-state index contributed by atoms with van der Waals surface area (Å²) in [6, 6.07) is 2.92. The molecule has 0 aromatic carbocycles. The minimum atomic E-state index is -4.43. The van der Waals surface area contributed by atoms with E-state index in [0.29, 0.717) is 24.8 Å². The van der Waals surface area contributed by atoms with Gasteiger partial charge in [0.1, 0.15) is 5.69 Å². The highest BCUT2D eigenvalue weighted by Gasteiger charge is 2.34. The van der Waals surface area contributed by atoms with Crippen LogP contribution < -0.4 is 4.90 Å². The molecule has 2 aliphatic heterocycles. The Morgan fingerprint density at radius 1 is 1.15 bits per heavy atom. The normalized spacial score (nSPS) is 22.4. The van der Waals surface area contributed by atoms with Crippen LogP contribution in [0.2, 0.25) is 0 Å². The summed E-state index contributed by atoms with van der Waals surface area (Å²) in [5, 5.41) is 0. The molecule has 1 aromatic heterocycles. The highest BCUT2D eigenvalue weighted by Crippen LogP contribution is 2.30. The van der Waals surface area contributed by atoms with Gasteiger partial charge < -0.3 is 9.80 Å². The van der Waals surface area contributed by atoms with Crippen molar-refractivity contribution in [2.24, 2.45) is 5.92 Å². The minimum Gasteiger partial charge on any atom is -0.369 e. The van der Waals surface area contributed by atoms with Gasteiger partial charge in [0.15, 0.2) is 0 Å². The van der Waals surface area contributed by atoms with E-state index >= 15 is 0 Å². The van der Waals surface area contributed by atoms with Gasteiger partial charge in [-0.2, -0.15) is 13.2 Å². The third-order valence-corrected chi connectivity index (χ3v) is 5.51. The van der Waals surface area contributed by atoms with E-state index in [4.69, 9.17) is 0 Å². The molecule has 27 heavy (non-hydrogen) atoms. The van der Waals surface area contributed by atoms with Crippen molar-refractivity contribution in [3.8, 4) is 0 Å². The fraction of sp³-hybridized carbons (Fsp3) is 0.684. The molecule has 3 heterocycles. The summed E-state index contributed by atoms with van der Waals surface area (Å²) in [7, 11) is 0. The molecule has 0 aliphatic carbocycles. The summed E-state index contributed by atoms with van der Waals surface area (Å²) in [6.07, 6.45) is -1.48. The summed E-state index contributed by atoms with van der Waals surface area (Å²) in [6.45, 7) is 8.97.